The fourth-order valence-electron chi connectivity index (χ4n) is 7.21. The number of piperazine rings is 1. The number of ether oxygens (including phenoxy) is 1. The average Bonchev–Trinajstić information content (AvgIpc) is 3.15. The highest BCUT2D eigenvalue weighted by molar-refractivity contribution is 5.68. The smallest absolute Gasteiger partial charge is 0.280 e. The van der Waals surface area contributed by atoms with Crippen molar-refractivity contribution in [2.45, 2.75) is 76.1 Å². The Hall–Kier alpha value is -1.77. The van der Waals surface area contributed by atoms with Gasteiger partial charge < -0.3 is 19.9 Å². The fourth-order valence-corrected chi connectivity index (χ4v) is 7.21. The third-order valence-corrected chi connectivity index (χ3v) is 9.18. The Balaban J connectivity index is 1.31. The van der Waals surface area contributed by atoms with Crippen molar-refractivity contribution in [3.8, 4) is 0 Å². The summed E-state index contributed by atoms with van der Waals surface area (Å²) in [7, 11) is 0. The first-order valence-electron chi connectivity index (χ1n) is 13.0. The number of anilines is 2. The molecule has 1 N–H and O–H groups in total. The lowest BCUT2D eigenvalue weighted by molar-refractivity contribution is -0.00867. The van der Waals surface area contributed by atoms with Crippen LogP contribution in [0.15, 0.2) is 17.7 Å². The van der Waals surface area contributed by atoms with E-state index in [2.05, 4.69) is 57.9 Å². The predicted octanol–water partition coefficient (Wildman–Crippen LogP) is 3.69. The van der Waals surface area contributed by atoms with Crippen LogP contribution in [-0.4, -0.2) is 79.5 Å². The van der Waals surface area contributed by atoms with E-state index in [1.54, 1.807) is 0 Å². The summed E-state index contributed by atoms with van der Waals surface area (Å²) < 4.78 is 34.8. The molecule has 6 nitrogen and oxygen atoms in total. The van der Waals surface area contributed by atoms with Crippen molar-refractivity contribution in [2.24, 2.45) is 0 Å². The molecule has 6 rings (SSSR count). The number of rotatable bonds is 3. The van der Waals surface area contributed by atoms with Crippen LogP contribution in [0.3, 0.4) is 0 Å². The Morgan fingerprint density at radius 2 is 1.94 bits per heavy atom. The van der Waals surface area contributed by atoms with E-state index in [9.17, 15) is 8.78 Å². The predicted molar refractivity (Wildman–Crippen MR) is 130 cm³/mol. The maximum atomic E-state index is 14.3. The van der Waals surface area contributed by atoms with Crippen LogP contribution in [0.25, 0.3) is 0 Å². The second kappa shape index (κ2) is 8.42. The van der Waals surface area contributed by atoms with Crippen LogP contribution in [0.4, 0.5) is 20.3 Å². The Bertz CT molecular complexity index is 980. The van der Waals surface area contributed by atoms with Crippen LogP contribution in [0.2, 0.25) is 0 Å². The summed E-state index contributed by atoms with van der Waals surface area (Å²) in [6.45, 7) is 13.0. The molecular weight excluding hydrogens is 436 g/mol. The lowest BCUT2D eigenvalue weighted by atomic mass is 9.77. The van der Waals surface area contributed by atoms with Crippen molar-refractivity contribution in [2.75, 3.05) is 55.7 Å². The summed E-state index contributed by atoms with van der Waals surface area (Å²) >= 11 is 0. The molecule has 0 amide bonds. The molecule has 5 atom stereocenters. The molecule has 8 heteroatoms. The first kappa shape index (κ1) is 22.7. The lowest BCUT2D eigenvalue weighted by Crippen LogP contribution is -2.70. The van der Waals surface area contributed by atoms with Crippen LogP contribution >= 0.6 is 0 Å². The van der Waals surface area contributed by atoms with Gasteiger partial charge in [0.05, 0.1) is 12.2 Å². The van der Waals surface area contributed by atoms with Gasteiger partial charge >= 0.3 is 0 Å². The van der Waals surface area contributed by atoms with Gasteiger partial charge in [-0.15, -0.1) is 0 Å². The van der Waals surface area contributed by atoms with E-state index in [4.69, 9.17) is 4.74 Å². The zero-order chi connectivity index (χ0) is 23.6. The van der Waals surface area contributed by atoms with Crippen LogP contribution in [0, 0.1) is 0 Å². The third kappa shape index (κ3) is 3.47. The van der Waals surface area contributed by atoms with E-state index < -0.39 is 6.43 Å². The van der Waals surface area contributed by atoms with Gasteiger partial charge in [-0.1, -0.05) is 13.0 Å². The molecule has 0 radical (unpaired) electrons. The largest absolute Gasteiger partial charge is 0.366 e. The van der Waals surface area contributed by atoms with Crippen molar-refractivity contribution < 1.29 is 13.5 Å². The number of pyridine rings is 1. The van der Waals surface area contributed by atoms with Gasteiger partial charge in [-0.25, -0.2) is 13.8 Å². The highest BCUT2D eigenvalue weighted by Crippen LogP contribution is 2.49. The second-order valence-electron chi connectivity index (χ2n) is 11.0. The number of alkyl halides is 2. The molecule has 0 aromatic carbocycles. The minimum absolute atomic E-state index is 0.00949. The number of aromatic nitrogens is 1. The average molecular weight is 474 g/mol. The number of nitrogens with zero attached hydrogens (tertiary/aromatic N) is 4. The number of piperidine rings is 1. The maximum Gasteiger partial charge on any atom is 0.280 e. The Morgan fingerprint density at radius 3 is 2.62 bits per heavy atom. The van der Waals surface area contributed by atoms with E-state index >= 15 is 0 Å². The van der Waals surface area contributed by atoms with Gasteiger partial charge in [-0.3, -0.25) is 4.90 Å². The van der Waals surface area contributed by atoms with Gasteiger partial charge in [-0.2, -0.15) is 0 Å². The zero-order valence-electron chi connectivity index (χ0n) is 20.6. The van der Waals surface area contributed by atoms with Gasteiger partial charge in [0.2, 0.25) is 0 Å². The van der Waals surface area contributed by atoms with Crippen molar-refractivity contribution in [3.05, 3.63) is 29.0 Å². The molecule has 6 heterocycles. The molecule has 3 fully saturated rings. The molecule has 2 unspecified atom stereocenters. The van der Waals surface area contributed by atoms with Gasteiger partial charge in [0, 0.05) is 81.1 Å². The molecule has 5 aliphatic heterocycles. The summed E-state index contributed by atoms with van der Waals surface area (Å²) in [5, 5.41) is 3.44. The number of hydrogen-bond donors (Lipinski definition) is 1. The van der Waals surface area contributed by atoms with Gasteiger partial charge in [0.1, 0.15) is 11.5 Å². The number of fused-ring (bicyclic) bond motifs is 3. The second-order valence-corrected chi connectivity index (χ2v) is 11.0. The summed E-state index contributed by atoms with van der Waals surface area (Å²) in [5.74, 6) is 0.795. The summed E-state index contributed by atoms with van der Waals surface area (Å²) in [5.41, 5.74) is 2.87. The zero-order valence-corrected chi connectivity index (χ0v) is 20.6. The number of halogens is 2. The lowest BCUT2D eigenvalue weighted by Gasteiger charge is -2.58. The highest BCUT2D eigenvalue weighted by atomic mass is 19.3. The van der Waals surface area contributed by atoms with E-state index in [-0.39, 0.29) is 23.3 Å². The molecule has 0 bridgehead atoms. The molecule has 0 aliphatic carbocycles. The van der Waals surface area contributed by atoms with Gasteiger partial charge in [0.25, 0.3) is 6.43 Å². The van der Waals surface area contributed by atoms with Gasteiger partial charge in [0.15, 0.2) is 0 Å². The van der Waals surface area contributed by atoms with Crippen LogP contribution in [0.5, 0.6) is 0 Å². The molecule has 1 aromatic heterocycles. The molecule has 0 saturated carbocycles. The minimum atomic E-state index is -2.56. The molecule has 34 heavy (non-hydrogen) atoms. The molecular formula is C26H37F2N5O. The topological polar surface area (TPSA) is 43.9 Å². The van der Waals surface area contributed by atoms with E-state index in [0.29, 0.717) is 24.5 Å². The summed E-state index contributed by atoms with van der Waals surface area (Å²) in [6.07, 6.45) is 2.28. The third-order valence-electron chi connectivity index (χ3n) is 9.18. The standard InChI is InChI=1S/C26H37F2N5O/c1-16-12-19-21(31-9-6-29-7-10-31)15-33(19)20-13-22(30-24(23(16)20)25(27)28)32-8-5-26(14-18(32)3)17(2)4-11-34-26/h4,13,16,18-19,21,25,29H,5-12,14-15H2,1-3H3/t16-,18+,19-,21?,26?/m0/s1. The normalized spacial score (nSPS) is 35.9. The molecule has 1 aromatic rings. The Morgan fingerprint density at radius 1 is 1.15 bits per heavy atom. The molecule has 5 aliphatic rings. The fraction of sp³-hybridized carbons (Fsp3) is 0.731. The SMILES string of the molecule is CC1=CCOC12CCN(c1cc3c(c(C(F)F)n1)[C@@H](C)C[C@H]1C(N4CCNCC4)CN31)[C@H](C)C2. The number of nitrogens with one attached hydrogen (secondary N) is 1. The summed E-state index contributed by atoms with van der Waals surface area (Å²) in [6, 6.07) is 3.22. The Labute approximate surface area is 201 Å². The highest BCUT2D eigenvalue weighted by Gasteiger charge is 2.49. The number of hydrogen-bond acceptors (Lipinski definition) is 6. The molecule has 3 saturated heterocycles. The van der Waals surface area contributed by atoms with E-state index in [0.717, 1.165) is 69.8 Å². The van der Waals surface area contributed by atoms with Crippen molar-refractivity contribution in [1.82, 2.24) is 15.2 Å². The van der Waals surface area contributed by atoms with Crippen molar-refractivity contribution >= 4 is 11.5 Å². The Kier molecular flexibility index (Phi) is 5.61. The van der Waals surface area contributed by atoms with Gasteiger partial charge in [-0.05, 0) is 38.2 Å². The van der Waals surface area contributed by atoms with Crippen LogP contribution in [-0.2, 0) is 4.74 Å². The molecule has 1 spiro atoms. The summed E-state index contributed by atoms with van der Waals surface area (Å²) in [4.78, 5) is 11.8. The maximum absolute atomic E-state index is 14.3. The van der Waals surface area contributed by atoms with Crippen molar-refractivity contribution in [3.63, 3.8) is 0 Å². The first-order valence-corrected chi connectivity index (χ1v) is 13.0. The van der Waals surface area contributed by atoms with Crippen molar-refractivity contribution in [1.29, 1.82) is 0 Å². The van der Waals surface area contributed by atoms with E-state index in [1.807, 2.05) is 0 Å². The first-order chi connectivity index (χ1) is 16.4. The minimum Gasteiger partial charge on any atom is -0.366 e. The quantitative estimate of drug-likeness (QED) is 0.676. The van der Waals surface area contributed by atoms with E-state index in [1.165, 1.54) is 5.57 Å². The monoisotopic (exact) mass is 473 g/mol. The van der Waals surface area contributed by atoms with Crippen LogP contribution < -0.4 is 15.1 Å². The molecule has 186 valence electrons. The van der Waals surface area contributed by atoms with Crippen LogP contribution in [0.1, 0.15) is 63.6 Å².